The fraction of sp³-hybridized carbons (Fsp3) is 0.571. The van der Waals surface area contributed by atoms with Gasteiger partial charge in [0.25, 0.3) is 0 Å². The Morgan fingerprint density at radius 3 is 2.31 bits per heavy atom. The zero-order valence-electron chi connectivity index (χ0n) is 10.00. The van der Waals surface area contributed by atoms with Gasteiger partial charge in [0.05, 0.1) is 6.61 Å². The minimum atomic E-state index is 0.131. The van der Waals surface area contributed by atoms with Gasteiger partial charge >= 0.3 is 0 Å². The summed E-state index contributed by atoms with van der Waals surface area (Å²) in [6.45, 7) is 4.54. The molecule has 0 bridgehead atoms. The summed E-state index contributed by atoms with van der Waals surface area (Å²) >= 11 is 0. The average molecular weight is 219 g/mol. The van der Waals surface area contributed by atoms with E-state index < -0.39 is 0 Å². The first-order chi connectivity index (χ1) is 7.72. The molecule has 1 fully saturated rings. The van der Waals surface area contributed by atoms with Crippen LogP contribution in [-0.4, -0.2) is 11.7 Å². The van der Waals surface area contributed by atoms with Gasteiger partial charge in [0, 0.05) is 13.1 Å². The summed E-state index contributed by atoms with van der Waals surface area (Å²) in [5, 5.41) is 12.5. The smallest absolute Gasteiger partial charge is 0.0681 e. The maximum absolute atomic E-state index is 8.94. The Labute approximate surface area is 97.7 Å². The van der Waals surface area contributed by atoms with E-state index >= 15 is 0 Å². The highest BCUT2D eigenvalue weighted by Gasteiger charge is 2.30. The third-order valence-corrected chi connectivity index (χ3v) is 3.65. The first kappa shape index (κ1) is 11.6. The lowest BCUT2D eigenvalue weighted by Crippen LogP contribution is -2.36. The third-order valence-electron chi connectivity index (χ3n) is 3.65. The van der Waals surface area contributed by atoms with Gasteiger partial charge in [-0.1, -0.05) is 37.6 Å². The highest BCUT2D eigenvalue weighted by molar-refractivity contribution is 5.21. The van der Waals surface area contributed by atoms with Crippen molar-refractivity contribution in [2.75, 3.05) is 6.54 Å². The van der Waals surface area contributed by atoms with Gasteiger partial charge in [-0.2, -0.15) is 0 Å². The molecule has 0 aromatic heterocycles. The van der Waals surface area contributed by atoms with Gasteiger partial charge in [-0.15, -0.1) is 0 Å². The predicted octanol–water partition coefficient (Wildman–Crippen LogP) is 2.46. The van der Waals surface area contributed by atoms with Crippen LogP contribution in [-0.2, 0) is 13.2 Å². The molecule has 2 N–H and O–H groups in total. The SMILES string of the molecule is CC1(CNCc2ccc(CO)cc2)CCC1. The van der Waals surface area contributed by atoms with Gasteiger partial charge in [-0.05, 0) is 29.4 Å². The second-order valence-corrected chi connectivity index (χ2v) is 5.24. The molecule has 1 saturated carbocycles. The summed E-state index contributed by atoms with van der Waals surface area (Å²) in [7, 11) is 0. The van der Waals surface area contributed by atoms with Crippen molar-refractivity contribution < 1.29 is 5.11 Å². The molecular formula is C14H21NO. The van der Waals surface area contributed by atoms with Crippen molar-refractivity contribution in [3.8, 4) is 0 Å². The molecule has 1 aliphatic rings. The average Bonchev–Trinajstić information content (AvgIpc) is 2.28. The van der Waals surface area contributed by atoms with Crippen molar-refractivity contribution >= 4 is 0 Å². The maximum atomic E-state index is 8.94. The van der Waals surface area contributed by atoms with E-state index in [2.05, 4.69) is 24.4 Å². The highest BCUT2D eigenvalue weighted by atomic mass is 16.3. The molecule has 0 saturated heterocycles. The van der Waals surface area contributed by atoms with Crippen molar-refractivity contribution in [3.05, 3.63) is 35.4 Å². The molecule has 0 amide bonds. The summed E-state index contributed by atoms with van der Waals surface area (Å²) in [4.78, 5) is 0. The predicted molar refractivity (Wildman–Crippen MR) is 66.0 cm³/mol. The molecule has 0 aliphatic heterocycles. The van der Waals surface area contributed by atoms with Gasteiger partial charge in [0.1, 0.15) is 0 Å². The van der Waals surface area contributed by atoms with E-state index in [-0.39, 0.29) is 6.61 Å². The first-order valence-corrected chi connectivity index (χ1v) is 6.11. The molecule has 1 aromatic rings. The normalized spacial score (nSPS) is 18.1. The van der Waals surface area contributed by atoms with E-state index in [9.17, 15) is 0 Å². The van der Waals surface area contributed by atoms with Crippen LogP contribution in [0, 0.1) is 5.41 Å². The molecule has 0 unspecified atom stereocenters. The number of hydrogen-bond donors (Lipinski definition) is 2. The Balaban J connectivity index is 1.76. The van der Waals surface area contributed by atoms with Gasteiger partial charge in [0.2, 0.25) is 0 Å². The molecule has 88 valence electrons. The Bertz CT molecular complexity index is 327. The second-order valence-electron chi connectivity index (χ2n) is 5.24. The number of aliphatic hydroxyl groups excluding tert-OH is 1. The van der Waals surface area contributed by atoms with Gasteiger partial charge in [0.15, 0.2) is 0 Å². The fourth-order valence-corrected chi connectivity index (χ4v) is 2.23. The minimum absolute atomic E-state index is 0.131. The summed E-state index contributed by atoms with van der Waals surface area (Å²) in [5.41, 5.74) is 2.82. The largest absolute Gasteiger partial charge is 0.392 e. The van der Waals surface area contributed by atoms with Crippen molar-refractivity contribution in [1.82, 2.24) is 5.32 Å². The van der Waals surface area contributed by atoms with Crippen LogP contribution in [0.25, 0.3) is 0 Å². The molecule has 2 heteroatoms. The zero-order chi connectivity index (χ0) is 11.4. The zero-order valence-corrected chi connectivity index (χ0v) is 10.00. The minimum Gasteiger partial charge on any atom is -0.392 e. The molecule has 2 nitrogen and oxygen atoms in total. The van der Waals surface area contributed by atoms with E-state index in [1.807, 2.05) is 12.1 Å². The van der Waals surface area contributed by atoms with Crippen molar-refractivity contribution in [3.63, 3.8) is 0 Å². The van der Waals surface area contributed by atoms with E-state index in [1.165, 1.54) is 24.8 Å². The Morgan fingerprint density at radius 2 is 1.81 bits per heavy atom. The molecule has 1 aromatic carbocycles. The highest BCUT2D eigenvalue weighted by Crippen LogP contribution is 2.39. The van der Waals surface area contributed by atoms with Gasteiger partial charge in [-0.3, -0.25) is 0 Å². The molecule has 1 aliphatic carbocycles. The van der Waals surface area contributed by atoms with E-state index in [1.54, 1.807) is 0 Å². The van der Waals surface area contributed by atoms with Crippen LogP contribution in [0.2, 0.25) is 0 Å². The van der Waals surface area contributed by atoms with Crippen LogP contribution in [0.5, 0.6) is 0 Å². The lowest BCUT2D eigenvalue weighted by molar-refractivity contribution is 0.156. The topological polar surface area (TPSA) is 32.3 Å². The molecular weight excluding hydrogens is 198 g/mol. The molecule has 0 radical (unpaired) electrons. The molecule has 16 heavy (non-hydrogen) atoms. The Hall–Kier alpha value is -0.860. The van der Waals surface area contributed by atoms with E-state index in [0.29, 0.717) is 5.41 Å². The van der Waals surface area contributed by atoms with Gasteiger partial charge < -0.3 is 10.4 Å². The van der Waals surface area contributed by atoms with Crippen LogP contribution in [0.3, 0.4) is 0 Å². The number of hydrogen-bond acceptors (Lipinski definition) is 2. The summed E-state index contributed by atoms with van der Waals surface area (Å²) < 4.78 is 0. The Morgan fingerprint density at radius 1 is 1.19 bits per heavy atom. The van der Waals surface area contributed by atoms with Crippen LogP contribution in [0.15, 0.2) is 24.3 Å². The van der Waals surface area contributed by atoms with Crippen LogP contribution < -0.4 is 5.32 Å². The summed E-state index contributed by atoms with van der Waals surface area (Å²) in [6, 6.07) is 8.15. The standard InChI is InChI=1S/C14H21NO/c1-14(7-2-8-14)11-15-9-12-3-5-13(10-16)6-4-12/h3-6,15-16H,2,7-11H2,1H3. The van der Waals surface area contributed by atoms with Crippen LogP contribution in [0.1, 0.15) is 37.3 Å². The number of benzene rings is 1. The lowest BCUT2D eigenvalue weighted by Gasteiger charge is -2.38. The maximum Gasteiger partial charge on any atom is 0.0681 e. The summed E-state index contributed by atoms with van der Waals surface area (Å²) in [6.07, 6.45) is 4.12. The first-order valence-electron chi connectivity index (χ1n) is 6.11. The third kappa shape index (κ3) is 2.83. The van der Waals surface area contributed by atoms with Crippen molar-refractivity contribution in [2.45, 2.75) is 39.3 Å². The number of rotatable bonds is 5. The van der Waals surface area contributed by atoms with E-state index in [4.69, 9.17) is 5.11 Å². The fourth-order valence-electron chi connectivity index (χ4n) is 2.23. The van der Waals surface area contributed by atoms with Crippen molar-refractivity contribution in [1.29, 1.82) is 0 Å². The van der Waals surface area contributed by atoms with Gasteiger partial charge in [-0.25, -0.2) is 0 Å². The lowest BCUT2D eigenvalue weighted by atomic mass is 9.70. The van der Waals surface area contributed by atoms with E-state index in [0.717, 1.165) is 18.7 Å². The molecule has 2 rings (SSSR count). The van der Waals surface area contributed by atoms with Crippen LogP contribution in [0.4, 0.5) is 0 Å². The number of aliphatic hydroxyl groups is 1. The van der Waals surface area contributed by atoms with Crippen molar-refractivity contribution in [2.24, 2.45) is 5.41 Å². The number of nitrogens with one attached hydrogen (secondary N) is 1. The summed E-state index contributed by atoms with van der Waals surface area (Å²) in [5.74, 6) is 0. The Kier molecular flexibility index (Phi) is 3.62. The quantitative estimate of drug-likeness (QED) is 0.797. The monoisotopic (exact) mass is 219 g/mol. The molecule has 0 atom stereocenters. The van der Waals surface area contributed by atoms with Crippen LogP contribution >= 0.6 is 0 Å². The molecule has 0 heterocycles. The second kappa shape index (κ2) is 4.98. The molecule has 0 spiro atoms.